The van der Waals surface area contributed by atoms with E-state index in [1.54, 1.807) is 12.1 Å². The average Bonchev–Trinajstić information content (AvgIpc) is 2.64. The highest BCUT2D eigenvalue weighted by atomic mass is 19.1. The number of carbonyl (C=O) groups is 2. The number of carbonyl (C=O) groups excluding carboxylic acids is 2. The Kier molecular flexibility index (Phi) is 7.79. The molecule has 0 saturated heterocycles. The number of anilines is 1. The van der Waals surface area contributed by atoms with E-state index >= 15 is 0 Å². The third-order valence-electron chi connectivity index (χ3n) is 4.12. The molecule has 0 bridgehead atoms. The quantitative estimate of drug-likeness (QED) is 0.665. The number of benzene rings is 2. The Morgan fingerprint density at radius 2 is 1.70 bits per heavy atom. The third-order valence-corrected chi connectivity index (χ3v) is 4.12. The fraction of sp³-hybridized carbons (Fsp3) is 0.333. The zero-order valence-electron chi connectivity index (χ0n) is 15.8. The molecular weight excluding hydrogens is 345 g/mol. The Balaban J connectivity index is 1.61. The number of nitrogens with zero attached hydrogens (tertiary/aromatic N) is 1. The zero-order chi connectivity index (χ0) is 19.6. The first-order valence-corrected chi connectivity index (χ1v) is 8.98. The second-order valence-electron chi connectivity index (χ2n) is 6.60. The first-order chi connectivity index (χ1) is 12.9. The Morgan fingerprint density at radius 1 is 0.963 bits per heavy atom. The number of amides is 2. The Labute approximate surface area is 159 Å². The van der Waals surface area contributed by atoms with E-state index in [-0.39, 0.29) is 30.6 Å². The van der Waals surface area contributed by atoms with Crippen LogP contribution < -0.4 is 15.5 Å². The molecule has 0 heterocycles. The maximum Gasteiger partial charge on any atom is 0.239 e. The minimum Gasteiger partial charge on any atom is -0.378 e. The van der Waals surface area contributed by atoms with Crippen molar-refractivity contribution in [3.05, 3.63) is 65.5 Å². The molecule has 2 aromatic carbocycles. The SMILES string of the molecule is CN(C)c1ccc(CCCNC(=O)CNC(=O)Cc2cccc(F)c2)cc1. The lowest BCUT2D eigenvalue weighted by molar-refractivity contribution is -0.125. The second kappa shape index (κ2) is 10.3. The van der Waals surface area contributed by atoms with Crippen LogP contribution >= 0.6 is 0 Å². The van der Waals surface area contributed by atoms with E-state index in [4.69, 9.17) is 0 Å². The summed E-state index contributed by atoms with van der Waals surface area (Å²) in [5.41, 5.74) is 2.95. The van der Waals surface area contributed by atoms with Crippen LogP contribution in [0.4, 0.5) is 10.1 Å². The van der Waals surface area contributed by atoms with Gasteiger partial charge in [-0.3, -0.25) is 9.59 Å². The molecular formula is C21H26FN3O2. The maximum absolute atomic E-state index is 13.1. The van der Waals surface area contributed by atoms with Crippen molar-refractivity contribution in [3.63, 3.8) is 0 Å². The minimum absolute atomic E-state index is 0.0496. The van der Waals surface area contributed by atoms with Gasteiger partial charge in [-0.2, -0.15) is 0 Å². The van der Waals surface area contributed by atoms with Gasteiger partial charge in [0.2, 0.25) is 11.8 Å². The molecule has 0 aromatic heterocycles. The summed E-state index contributed by atoms with van der Waals surface area (Å²) >= 11 is 0. The highest BCUT2D eigenvalue weighted by molar-refractivity contribution is 5.85. The zero-order valence-corrected chi connectivity index (χ0v) is 15.8. The summed E-state index contributed by atoms with van der Waals surface area (Å²) in [5.74, 6) is -0.920. The van der Waals surface area contributed by atoms with E-state index < -0.39 is 0 Å². The molecule has 144 valence electrons. The molecule has 0 aliphatic carbocycles. The van der Waals surface area contributed by atoms with Crippen molar-refractivity contribution in [2.24, 2.45) is 0 Å². The van der Waals surface area contributed by atoms with Gasteiger partial charge in [0.1, 0.15) is 5.82 Å². The van der Waals surface area contributed by atoms with E-state index in [9.17, 15) is 14.0 Å². The maximum atomic E-state index is 13.1. The summed E-state index contributed by atoms with van der Waals surface area (Å²) in [6.45, 7) is 0.472. The smallest absolute Gasteiger partial charge is 0.239 e. The van der Waals surface area contributed by atoms with E-state index in [1.807, 2.05) is 19.0 Å². The standard InChI is InChI=1S/C21H26FN3O2/c1-25(2)19-10-8-16(9-11-19)6-4-12-23-21(27)15-24-20(26)14-17-5-3-7-18(22)13-17/h3,5,7-11,13H,4,6,12,14-15H2,1-2H3,(H,23,27)(H,24,26). The van der Waals surface area contributed by atoms with Gasteiger partial charge < -0.3 is 15.5 Å². The van der Waals surface area contributed by atoms with Crippen molar-refractivity contribution in [3.8, 4) is 0 Å². The number of aryl methyl sites for hydroxylation is 1. The predicted octanol–water partition coefficient (Wildman–Crippen LogP) is 2.30. The molecule has 2 N–H and O–H groups in total. The summed E-state index contributed by atoms with van der Waals surface area (Å²) in [5, 5.41) is 5.34. The number of nitrogens with one attached hydrogen (secondary N) is 2. The Morgan fingerprint density at radius 3 is 2.37 bits per heavy atom. The van der Waals surface area contributed by atoms with Gasteiger partial charge in [-0.25, -0.2) is 4.39 Å². The van der Waals surface area contributed by atoms with Gasteiger partial charge in [-0.05, 0) is 48.2 Å². The Hall–Kier alpha value is -2.89. The fourth-order valence-corrected chi connectivity index (χ4v) is 2.62. The van der Waals surface area contributed by atoms with Crippen LogP contribution in [0.3, 0.4) is 0 Å². The van der Waals surface area contributed by atoms with Gasteiger partial charge in [0, 0.05) is 26.3 Å². The van der Waals surface area contributed by atoms with Crippen LogP contribution in [0.25, 0.3) is 0 Å². The van der Waals surface area contributed by atoms with Crippen molar-refractivity contribution in [1.82, 2.24) is 10.6 Å². The van der Waals surface area contributed by atoms with Gasteiger partial charge in [-0.1, -0.05) is 24.3 Å². The molecule has 0 spiro atoms. The van der Waals surface area contributed by atoms with Crippen LogP contribution in [0.15, 0.2) is 48.5 Å². The normalized spacial score (nSPS) is 10.3. The lowest BCUT2D eigenvalue weighted by Crippen LogP contribution is -2.38. The van der Waals surface area contributed by atoms with E-state index in [0.29, 0.717) is 12.1 Å². The second-order valence-corrected chi connectivity index (χ2v) is 6.60. The van der Waals surface area contributed by atoms with E-state index in [2.05, 4.69) is 34.9 Å². The van der Waals surface area contributed by atoms with E-state index in [1.165, 1.54) is 17.7 Å². The van der Waals surface area contributed by atoms with Crippen LogP contribution in [-0.4, -0.2) is 39.0 Å². The molecule has 6 heteroatoms. The predicted molar refractivity (Wildman–Crippen MR) is 105 cm³/mol. The van der Waals surface area contributed by atoms with Gasteiger partial charge in [0.15, 0.2) is 0 Å². The molecule has 0 aliphatic heterocycles. The topological polar surface area (TPSA) is 61.4 Å². The number of hydrogen-bond acceptors (Lipinski definition) is 3. The molecule has 0 unspecified atom stereocenters. The van der Waals surface area contributed by atoms with Crippen LogP contribution in [0.2, 0.25) is 0 Å². The fourth-order valence-electron chi connectivity index (χ4n) is 2.62. The van der Waals surface area contributed by atoms with Crippen molar-refractivity contribution >= 4 is 17.5 Å². The lowest BCUT2D eigenvalue weighted by Gasteiger charge is -2.12. The molecule has 0 atom stereocenters. The van der Waals surface area contributed by atoms with Crippen molar-refractivity contribution in [1.29, 1.82) is 0 Å². The molecule has 0 saturated carbocycles. The van der Waals surface area contributed by atoms with Crippen LogP contribution in [0, 0.1) is 5.82 Å². The monoisotopic (exact) mass is 371 g/mol. The molecule has 0 aliphatic rings. The van der Waals surface area contributed by atoms with Crippen molar-refractivity contribution < 1.29 is 14.0 Å². The van der Waals surface area contributed by atoms with Crippen molar-refractivity contribution in [2.45, 2.75) is 19.3 Å². The molecule has 2 rings (SSSR count). The third kappa shape index (κ3) is 7.48. The van der Waals surface area contributed by atoms with Gasteiger partial charge in [-0.15, -0.1) is 0 Å². The van der Waals surface area contributed by atoms with Gasteiger partial charge >= 0.3 is 0 Å². The first-order valence-electron chi connectivity index (χ1n) is 8.98. The summed E-state index contributed by atoms with van der Waals surface area (Å²) in [4.78, 5) is 25.6. The summed E-state index contributed by atoms with van der Waals surface area (Å²) < 4.78 is 13.1. The molecule has 0 radical (unpaired) electrons. The molecule has 0 fully saturated rings. The summed E-state index contributed by atoms with van der Waals surface area (Å²) in [6.07, 6.45) is 1.75. The molecule has 2 amide bonds. The first kappa shape index (κ1) is 20.4. The molecule has 5 nitrogen and oxygen atoms in total. The number of halogens is 1. The molecule has 2 aromatic rings. The lowest BCUT2D eigenvalue weighted by atomic mass is 10.1. The van der Waals surface area contributed by atoms with E-state index in [0.717, 1.165) is 18.5 Å². The average molecular weight is 371 g/mol. The Bertz CT molecular complexity index is 760. The van der Waals surface area contributed by atoms with Crippen molar-refractivity contribution in [2.75, 3.05) is 32.1 Å². The number of hydrogen-bond donors (Lipinski definition) is 2. The highest BCUT2D eigenvalue weighted by Crippen LogP contribution is 2.13. The van der Waals surface area contributed by atoms with Gasteiger partial charge in [0.25, 0.3) is 0 Å². The molecule has 27 heavy (non-hydrogen) atoms. The summed E-state index contributed by atoms with van der Waals surface area (Å²) in [7, 11) is 4.00. The highest BCUT2D eigenvalue weighted by Gasteiger charge is 2.07. The van der Waals surface area contributed by atoms with Crippen LogP contribution in [0.1, 0.15) is 17.5 Å². The van der Waals surface area contributed by atoms with Gasteiger partial charge in [0.05, 0.1) is 13.0 Å². The summed E-state index contributed by atoms with van der Waals surface area (Å²) in [6, 6.07) is 14.2. The minimum atomic E-state index is -0.380. The number of rotatable bonds is 9. The largest absolute Gasteiger partial charge is 0.378 e. The van der Waals surface area contributed by atoms with Crippen LogP contribution in [-0.2, 0) is 22.4 Å². The van der Waals surface area contributed by atoms with Crippen LogP contribution in [0.5, 0.6) is 0 Å².